The molecule has 3 aromatic heterocycles. The molecule has 1 aliphatic carbocycles. The number of alkyl carbamates (subject to hydrolysis) is 1. The molecule has 2 fully saturated rings. The van der Waals surface area contributed by atoms with Crippen LogP contribution in [0.1, 0.15) is 57.6 Å². The van der Waals surface area contributed by atoms with Gasteiger partial charge in [-0.1, -0.05) is 6.92 Å². The molecule has 1 aliphatic heterocycles. The second-order valence-electron chi connectivity index (χ2n) is 9.88. The molecule has 0 spiro atoms. The van der Waals surface area contributed by atoms with Gasteiger partial charge in [0, 0.05) is 49.5 Å². The number of aromatic nitrogens is 5. The summed E-state index contributed by atoms with van der Waals surface area (Å²) in [6.07, 6.45) is 7.57. The van der Waals surface area contributed by atoms with E-state index in [2.05, 4.69) is 30.9 Å². The van der Waals surface area contributed by atoms with Gasteiger partial charge >= 0.3 is 6.09 Å². The van der Waals surface area contributed by atoms with E-state index in [9.17, 15) is 4.79 Å². The van der Waals surface area contributed by atoms with Crippen molar-refractivity contribution in [2.45, 2.75) is 64.0 Å². The van der Waals surface area contributed by atoms with Crippen LogP contribution in [0.25, 0.3) is 10.9 Å². The van der Waals surface area contributed by atoms with Crippen molar-refractivity contribution in [3.63, 3.8) is 0 Å². The Labute approximate surface area is 210 Å². The number of rotatable bonds is 9. The van der Waals surface area contributed by atoms with E-state index in [1.54, 1.807) is 17.1 Å². The number of ether oxygens (including phenoxy) is 3. The molecular weight excluding hydrogens is 462 g/mol. The lowest BCUT2D eigenvalue weighted by atomic mass is 10.0. The monoisotopic (exact) mass is 497 g/mol. The maximum atomic E-state index is 12.1. The Bertz CT molecular complexity index is 1190. The number of anilines is 2. The van der Waals surface area contributed by atoms with E-state index in [4.69, 9.17) is 14.2 Å². The van der Waals surface area contributed by atoms with Gasteiger partial charge < -0.3 is 24.8 Å². The van der Waals surface area contributed by atoms with Crippen molar-refractivity contribution in [2.75, 3.05) is 25.1 Å². The van der Waals surface area contributed by atoms with E-state index >= 15 is 0 Å². The highest BCUT2D eigenvalue weighted by Crippen LogP contribution is 2.37. The van der Waals surface area contributed by atoms with Crippen LogP contribution in [0.15, 0.2) is 18.5 Å². The standard InChI is InChI=1S/C25H35N7O4/c1-4-15(2)27-25(33)36-18-6-5-17(9-18)20-10-22(30-29-20)28-21-12-26-11-19-23(21)32(3)31-24(19)35-14-16-7-8-34-13-16/h10-12,15-18H,4-9,13-14H2,1-3H3,(H,27,33)(H2,28,29,30)/t15?,16?,17-,18+/m0/s1. The third-order valence-electron chi connectivity index (χ3n) is 7.13. The summed E-state index contributed by atoms with van der Waals surface area (Å²) in [5.74, 6) is 1.94. The molecule has 2 unspecified atom stereocenters. The molecule has 1 amide bonds. The Morgan fingerprint density at radius 2 is 2.22 bits per heavy atom. The highest BCUT2D eigenvalue weighted by atomic mass is 16.6. The van der Waals surface area contributed by atoms with Gasteiger partial charge in [0.25, 0.3) is 0 Å². The highest BCUT2D eigenvalue weighted by Gasteiger charge is 2.30. The average Bonchev–Trinajstić information content (AvgIpc) is 3.66. The van der Waals surface area contributed by atoms with Gasteiger partial charge in [-0.15, -0.1) is 5.10 Å². The van der Waals surface area contributed by atoms with Gasteiger partial charge in [-0.2, -0.15) is 5.10 Å². The summed E-state index contributed by atoms with van der Waals surface area (Å²) in [6.45, 7) is 6.11. The molecule has 3 aromatic rings. The van der Waals surface area contributed by atoms with E-state index in [1.807, 2.05) is 27.0 Å². The lowest BCUT2D eigenvalue weighted by Crippen LogP contribution is -2.34. The quantitative estimate of drug-likeness (QED) is 0.405. The lowest BCUT2D eigenvalue weighted by molar-refractivity contribution is 0.0974. The van der Waals surface area contributed by atoms with E-state index in [1.165, 1.54) is 0 Å². The minimum atomic E-state index is -0.335. The molecule has 11 nitrogen and oxygen atoms in total. The molecule has 2 aliphatic rings. The van der Waals surface area contributed by atoms with Crippen LogP contribution in [0.3, 0.4) is 0 Å². The van der Waals surface area contributed by atoms with Crippen LogP contribution < -0.4 is 15.4 Å². The topological polar surface area (TPSA) is 128 Å². The zero-order valence-electron chi connectivity index (χ0n) is 21.1. The summed E-state index contributed by atoms with van der Waals surface area (Å²) in [5, 5.41) is 19.3. The SMILES string of the molecule is CCC(C)NC(=O)O[C@@H]1CC[C@H](c2cc(Nc3cncc4c(OCC5CCOC5)nn(C)c34)n[nH]2)C1. The maximum absolute atomic E-state index is 12.1. The molecule has 0 aromatic carbocycles. The van der Waals surface area contributed by atoms with Crippen molar-refractivity contribution < 1.29 is 19.0 Å². The maximum Gasteiger partial charge on any atom is 0.407 e. The Morgan fingerprint density at radius 1 is 1.33 bits per heavy atom. The van der Waals surface area contributed by atoms with Crippen molar-refractivity contribution in [1.29, 1.82) is 0 Å². The van der Waals surface area contributed by atoms with Gasteiger partial charge in [0.1, 0.15) is 6.10 Å². The largest absolute Gasteiger partial charge is 0.476 e. The van der Waals surface area contributed by atoms with Gasteiger partial charge in [0.2, 0.25) is 5.88 Å². The predicted octanol–water partition coefficient (Wildman–Crippen LogP) is 4.01. The highest BCUT2D eigenvalue weighted by molar-refractivity contribution is 5.94. The number of fused-ring (bicyclic) bond motifs is 1. The first-order valence-corrected chi connectivity index (χ1v) is 12.8. The third kappa shape index (κ3) is 5.40. The Kier molecular flexibility index (Phi) is 7.26. The summed E-state index contributed by atoms with van der Waals surface area (Å²) >= 11 is 0. The van der Waals surface area contributed by atoms with Gasteiger partial charge in [0.15, 0.2) is 5.82 Å². The van der Waals surface area contributed by atoms with Crippen LogP contribution in [-0.2, 0) is 16.5 Å². The number of hydrogen-bond acceptors (Lipinski definition) is 8. The number of carbonyl (C=O) groups is 1. The van der Waals surface area contributed by atoms with Crippen LogP contribution in [-0.4, -0.2) is 63.0 Å². The normalized spacial score (nSPS) is 22.6. The summed E-state index contributed by atoms with van der Waals surface area (Å²) in [6, 6.07) is 2.12. The van der Waals surface area contributed by atoms with Crippen LogP contribution >= 0.6 is 0 Å². The predicted molar refractivity (Wildman–Crippen MR) is 135 cm³/mol. The summed E-state index contributed by atoms with van der Waals surface area (Å²) < 4.78 is 18.9. The first-order valence-electron chi connectivity index (χ1n) is 12.8. The number of H-pyrrole nitrogens is 1. The molecule has 1 saturated carbocycles. The molecule has 0 bridgehead atoms. The number of carbonyl (C=O) groups excluding carboxylic acids is 1. The molecule has 36 heavy (non-hydrogen) atoms. The zero-order valence-corrected chi connectivity index (χ0v) is 21.1. The Hall–Kier alpha value is -3.34. The molecule has 0 radical (unpaired) electrons. The molecule has 194 valence electrons. The van der Waals surface area contributed by atoms with Crippen LogP contribution in [0.5, 0.6) is 5.88 Å². The van der Waals surface area contributed by atoms with Crippen molar-refractivity contribution in [1.82, 2.24) is 30.3 Å². The smallest absolute Gasteiger partial charge is 0.407 e. The van der Waals surface area contributed by atoms with Crippen LogP contribution in [0, 0.1) is 5.92 Å². The zero-order chi connectivity index (χ0) is 25.1. The van der Waals surface area contributed by atoms with Gasteiger partial charge in [-0.3, -0.25) is 14.8 Å². The minimum Gasteiger partial charge on any atom is -0.476 e. The summed E-state index contributed by atoms with van der Waals surface area (Å²) in [4.78, 5) is 16.5. The van der Waals surface area contributed by atoms with Crippen LogP contribution in [0.4, 0.5) is 16.3 Å². The molecule has 4 atom stereocenters. The molecule has 5 rings (SSSR count). The van der Waals surface area contributed by atoms with Crippen molar-refractivity contribution in [3.8, 4) is 5.88 Å². The fourth-order valence-electron chi connectivity index (χ4n) is 4.87. The number of pyridine rings is 1. The number of aromatic amines is 1. The van der Waals surface area contributed by atoms with E-state index in [0.717, 1.165) is 67.6 Å². The molecule has 4 heterocycles. The Balaban J connectivity index is 1.22. The second kappa shape index (κ2) is 10.7. The number of nitrogens with zero attached hydrogens (tertiary/aromatic N) is 4. The number of amides is 1. The summed E-state index contributed by atoms with van der Waals surface area (Å²) in [5.41, 5.74) is 2.72. The van der Waals surface area contributed by atoms with E-state index < -0.39 is 0 Å². The Morgan fingerprint density at radius 3 is 3.03 bits per heavy atom. The number of nitrogens with one attached hydrogen (secondary N) is 3. The van der Waals surface area contributed by atoms with Gasteiger partial charge in [0.05, 0.1) is 36.0 Å². The molecule has 1 saturated heterocycles. The molecule has 3 N–H and O–H groups in total. The van der Waals surface area contributed by atoms with Gasteiger partial charge in [-0.25, -0.2) is 4.79 Å². The van der Waals surface area contributed by atoms with Gasteiger partial charge in [-0.05, 0) is 39.0 Å². The first kappa shape index (κ1) is 24.4. The minimum absolute atomic E-state index is 0.0830. The fourth-order valence-corrected chi connectivity index (χ4v) is 4.87. The van der Waals surface area contributed by atoms with E-state index in [0.29, 0.717) is 24.2 Å². The molecule has 11 heteroatoms. The average molecular weight is 498 g/mol. The fraction of sp³-hybridized carbons (Fsp3) is 0.600. The number of hydrogen-bond donors (Lipinski definition) is 3. The summed E-state index contributed by atoms with van der Waals surface area (Å²) in [7, 11) is 1.89. The van der Waals surface area contributed by atoms with E-state index in [-0.39, 0.29) is 24.2 Å². The van der Waals surface area contributed by atoms with Crippen molar-refractivity contribution in [2.24, 2.45) is 13.0 Å². The first-order chi connectivity index (χ1) is 17.5. The number of aryl methyl sites for hydroxylation is 1. The second-order valence-corrected chi connectivity index (χ2v) is 9.88. The molecular formula is C25H35N7O4. The van der Waals surface area contributed by atoms with Crippen molar-refractivity contribution >= 4 is 28.5 Å². The van der Waals surface area contributed by atoms with Crippen molar-refractivity contribution in [3.05, 3.63) is 24.2 Å². The lowest BCUT2D eigenvalue weighted by Gasteiger charge is -2.16. The van der Waals surface area contributed by atoms with Crippen LogP contribution in [0.2, 0.25) is 0 Å². The third-order valence-corrected chi connectivity index (χ3v) is 7.13.